The fourth-order valence-electron chi connectivity index (χ4n) is 2.12. The Morgan fingerprint density at radius 1 is 1.53 bits per heavy atom. The Kier molecular flexibility index (Phi) is 3.05. The number of H-pyrrole nitrogens is 1. The van der Waals surface area contributed by atoms with Crippen LogP contribution in [-0.2, 0) is 0 Å². The summed E-state index contributed by atoms with van der Waals surface area (Å²) in [6.07, 6.45) is 2.20. The summed E-state index contributed by atoms with van der Waals surface area (Å²) in [4.78, 5) is 14.0. The number of carbonyl (C=O) groups is 1. The van der Waals surface area contributed by atoms with Crippen LogP contribution in [0, 0.1) is 6.92 Å². The van der Waals surface area contributed by atoms with Crippen molar-refractivity contribution in [2.75, 3.05) is 11.5 Å². The van der Waals surface area contributed by atoms with Gasteiger partial charge in [0.2, 0.25) is 0 Å². The fourth-order valence-corrected chi connectivity index (χ4v) is 3.22. The number of nitrogens with one attached hydrogen (secondary N) is 1. The molecule has 82 valence electrons. The number of hydrogen-bond donors (Lipinski definition) is 2. The van der Waals surface area contributed by atoms with Crippen LogP contribution in [0.4, 0.5) is 0 Å². The zero-order valence-corrected chi connectivity index (χ0v) is 9.56. The van der Waals surface area contributed by atoms with Gasteiger partial charge in [-0.25, -0.2) is 4.79 Å². The van der Waals surface area contributed by atoms with E-state index in [2.05, 4.69) is 4.98 Å². The summed E-state index contributed by atoms with van der Waals surface area (Å²) >= 11 is 1.96. The second kappa shape index (κ2) is 4.31. The number of rotatable bonds is 2. The number of carboxylic acid groups (broad SMARTS) is 1. The van der Waals surface area contributed by atoms with Gasteiger partial charge in [-0.05, 0) is 48.8 Å². The van der Waals surface area contributed by atoms with Crippen LogP contribution in [0.25, 0.3) is 0 Å². The van der Waals surface area contributed by atoms with Crippen molar-refractivity contribution in [3.63, 3.8) is 0 Å². The maximum Gasteiger partial charge on any atom is 0.352 e. The quantitative estimate of drug-likeness (QED) is 0.813. The van der Waals surface area contributed by atoms with Gasteiger partial charge < -0.3 is 10.1 Å². The predicted octanol–water partition coefficient (Wildman–Crippen LogP) is 2.63. The molecule has 0 amide bonds. The summed E-state index contributed by atoms with van der Waals surface area (Å²) < 4.78 is 0. The van der Waals surface area contributed by atoms with E-state index in [1.54, 1.807) is 0 Å². The molecule has 0 aromatic carbocycles. The second-order valence-electron chi connectivity index (χ2n) is 3.97. The normalized spacial score (nSPS) is 17.9. The molecule has 1 fully saturated rings. The van der Waals surface area contributed by atoms with Crippen LogP contribution >= 0.6 is 11.8 Å². The van der Waals surface area contributed by atoms with Gasteiger partial charge in [0.15, 0.2) is 0 Å². The predicted molar refractivity (Wildman–Crippen MR) is 61.8 cm³/mol. The lowest BCUT2D eigenvalue weighted by Crippen LogP contribution is -2.11. The molecule has 3 nitrogen and oxygen atoms in total. The topological polar surface area (TPSA) is 53.1 Å². The first-order chi connectivity index (χ1) is 7.18. The Bertz CT molecular complexity index is 367. The van der Waals surface area contributed by atoms with E-state index in [-0.39, 0.29) is 0 Å². The van der Waals surface area contributed by atoms with Crippen LogP contribution < -0.4 is 0 Å². The van der Waals surface area contributed by atoms with E-state index in [0.717, 1.165) is 35.6 Å². The SMILES string of the molecule is Cc1cc(C2CCSCC2)c(C(=O)O)[nH]1. The number of carboxylic acids is 1. The van der Waals surface area contributed by atoms with Crippen molar-refractivity contribution in [1.29, 1.82) is 0 Å². The number of aromatic nitrogens is 1. The number of aryl methyl sites for hydroxylation is 1. The van der Waals surface area contributed by atoms with Crippen molar-refractivity contribution >= 4 is 17.7 Å². The van der Waals surface area contributed by atoms with E-state index in [1.165, 1.54) is 0 Å². The van der Waals surface area contributed by atoms with E-state index in [4.69, 9.17) is 5.11 Å². The van der Waals surface area contributed by atoms with Gasteiger partial charge in [0.1, 0.15) is 5.69 Å². The minimum Gasteiger partial charge on any atom is -0.477 e. The van der Waals surface area contributed by atoms with E-state index in [1.807, 2.05) is 24.8 Å². The number of hydrogen-bond acceptors (Lipinski definition) is 2. The summed E-state index contributed by atoms with van der Waals surface area (Å²) in [6.45, 7) is 1.91. The highest BCUT2D eigenvalue weighted by atomic mass is 32.2. The van der Waals surface area contributed by atoms with Gasteiger partial charge in [0, 0.05) is 5.69 Å². The molecule has 1 aromatic heterocycles. The minimum atomic E-state index is -0.837. The molecule has 1 aliphatic heterocycles. The number of thioether (sulfide) groups is 1. The zero-order valence-electron chi connectivity index (χ0n) is 8.75. The molecule has 2 rings (SSSR count). The van der Waals surface area contributed by atoms with Gasteiger partial charge in [0.25, 0.3) is 0 Å². The molecule has 0 unspecified atom stereocenters. The van der Waals surface area contributed by atoms with Gasteiger partial charge in [-0.2, -0.15) is 11.8 Å². The third-order valence-corrected chi connectivity index (χ3v) is 3.91. The van der Waals surface area contributed by atoms with E-state index in [9.17, 15) is 4.79 Å². The summed E-state index contributed by atoms with van der Waals surface area (Å²) in [5.41, 5.74) is 2.34. The molecule has 4 heteroatoms. The number of aromatic carboxylic acids is 1. The molecule has 0 atom stereocenters. The van der Waals surface area contributed by atoms with Crippen LogP contribution in [-0.4, -0.2) is 27.6 Å². The summed E-state index contributed by atoms with van der Waals surface area (Å²) in [6, 6.07) is 1.99. The maximum absolute atomic E-state index is 11.0. The Hall–Kier alpha value is -0.900. The lowest BCUT2D eigenvalue weighted by molar-refractivity contribution is 0.0689. The van der Waals surface area contributed by atoms with Crippen LogP contribution in [0.15, 0.2) is 6.07 Å². The molecule has 2 heterocycles. The highest BCUT2D eigenvalue weighted by Gasteiger charge is 2.23. The molecular weight excluding hydrogens is 210 g/mol. The molecule has 0 spiro atoms. The maximum atomic E-state index is 11.0. The third-order valence-electron chi connectivity index (χ3n) is 2.86. The lowest BCUT2D eigenvalue weighted by Gasteiger charge is -2.21. The van der Waals surface area contributed by atoms with Crippen molar-refractivity contribution in [3.8, 4) is 0 Å². The average molecular weight is 225 g/mol. The summed E-state index contributed by atoms with van der Waals surface area (Å²) in [7, 11) is 0. The van der Waals surface area contributed by atoms with Crippen molar-refractivity contribution in [3.05, 3.63) is 23.0 Å². The molecule has 1 aromatic rings. The molecule has 1 saturated heterocycles. The zero-order chi connectivity index (χ0) is 10.8. The first-order valence-corrected chi connectivity index (χ1v) is 6.34. The van der Waals surface area contributed by atoms with E-state index in [0.29, 0.717) is 11.6 Å². The van der Waals surface area contributed by atoms with Crippen LogP contribution in [0.1, 0.15) is 40.5 Å². The first-order valence-electron chi connectivity index (χ1n) is 5.19. The molecule has 2 N–H and O–H groups in total. The monoisotopic (exact) mass is 225 g/mol. The second-order valence-corrected chi connectivity index (χ2v) is 5.20. The molecular formula is C11H15NO2S. The van der Waals surface area contributed by atoms with Crippen LogP contribution in [0.5, 0.6) is 0 Å². The molecule has 1 aliphatic rings. The molecule has 0 saturated carbocycles. The Morgan fingerprint density at radius 3 is 2.80 bits per heavy atom. The molecule has 0 aliphatic carbocycles. The average Bonchev–Trinajstić information content (AvgIpc) is 2.62. The van der Waals surface area contributed by atoms with Crippen molar-refractivity contribution in [1.82, 2.24) is 4.98 Å². The Labute approximate surface area is 93.3 Å². The van der Waals surface area contributed by atoms with Crippen LogP contribution in [0.2, 0.25) is 0 Å². The third kappa shape index (κ3) is 2.20. The molecule has 15 heavy (non-hydrogen) atoms. The van der Waals surface area contributed by atoms with Crippen LogP contribution in [0.3, 0.4) is 0 Å². The van der Waals surface area contributed by atoms with Gasteiger partial charge in [-0.15, -0.1) is 0 Å². The fraction of sp³-hybridized carbons (Fsp3) is 0.545. The van der Waals surface area contributed by atoms with Gasteiger partial charge in [-0.3, -0.25) is 0 Å². The molecule has 0 bridgehead atoms. The Balaban J connectivity index is 2.28. The largest absolute Gasteiger partial charge is 0.477 e. The van der Waals surface area contributed by atoms with Gasteiger partial charge in [-0.1, -0.05) is 0 Å². The van der Waals surface area contributed by atoms with Gasteiger partial charge in [0.05, 0.1) is 0 Å². The smallest absolute Gasteiger partial charge is 0.352 e. The first kappa shape index (κ1) is 10.6. The Morgan fingerprint density at radius 2 is 2.20 bits per heavy atom. The van der Waals surface area contributed by atoms with E-state index < -0.39 is 5.97 Å². The van der Waals surface area contributed by atoms with Crippen molar-refractivity contribution in [2.24, 2.45) is 0 Å². The number of aromatic amines is 1. The van der Waals surface area contributed by atoms with Crippen molar-refractivity contribution < 1.29 is 9.90 Å². The minimum absolute atomic E-state index is 0.393. The van der Waals surface area contributed by atoms with Gasteiger partial charge >= 0.3 is 5.97 Å². The lowest BCUT2D eigenvalue weighted by atomic mass is 9.93. The molecule has 0 radical (unpaired) electrons. The van der Waals surface area contributed by atoms with Crippen molar-refractivity contribution in [2.45, 2.75) is 25.7 Å². The standard InChI is InChI=1S/C11H15NO2S/c1-7-6-9(10(12-7)11(13)14)8-2-4-15-5-3-8/h6,8,12H,2-5H2,1H3,(H,13,14). The van der Waals surface area contributed by atoms with E-state index >= 15 is 0 Å². The highest BCUT2D eigenvalue weighted by molar-refractivity contribution is 7.99. The highest BCUT2D eigenvalue weighted by Crippen LogP contribution is 2.33. The summed E-state index contributed by atoms with van der Waals surface area (Å²) in [5, 5.41) is 9.07. The summed E-state index contributed by atoms with van der Waals surface area (Å²) in [5.74, 6) is 1.89.